The summed E-state index contributed by atoms with van der Waals surface area (Å²) in [5.41, 5.74) is 9.03. The molecule has 89 valence electrons. The molecule has 1 unspecified atom stereocenters. The third-order valence-corrected chi connectivity index (χ3v) is 2.72. The highest BCUT2D eigenvalue weighted by molar-refractivity contribution is 5.62. The molecular formula is C13H16N3O. The fourth-order valence-electron chi connectivity index (χ4n) is 1.75. The number of nitrogens with two attached hydrogens (primary N) is 1. The Hall–Kier alpha value is -1.65. The maximum atomic E-state index is 8.88. The molecule has 0 saturated carbocycles. The van der Waals surface area contributed by atoms with Crippen molar-refractivity contribution in [2.75, 3.05) is 6.61 Å². The van der Waals surface area contributed by atoms with Crippen LogP contribution in [-0.2, 0) is 7.05 Å². The minimum atomic E-state index is -0.145. The fourth-order valence-corrected chi connectivity index (χ4v) is 1.75. The molecule has 0 bridgehead atoms. The number of hydrogen-bond donors (Lipinski definition) is 2. The molecule has 17 heavy (non-hydrogen) atoms. The van der Waals surface area contributed by atoms with Crippen molar-refractivity contribution in [3.63, 3.8) is 0 Å². The summed E-state index contributed by atoms with van der Waals surface area (Å²) in [7, 11) is 1.88. The zero-order chi connectivity index (χ0) is 12.3. The van der Waals surface area contributed by atoms with Gasteiger partial charge in [-0.05, 0) is 41.8 Å². The monoisotopic (exact) mass is 230 g/mol. The van der Waals surface area contributed by atoms with Crippen molar-refractivity contribution in [2.45, 2.75) is 12.5 Å². The Kier molecular flexibility index (Phi) is 3.56. The van der Waals surface area contributed by atoms with E-state index in [0.29, 0.717) is 6.42 Å². The van der Waals surface area contributed by atoms with Gasteiger partial charge < -0.3 is 10.8 Å². The number of benzene rings is 1. The Bertz CT molecular complexity index is 493. The van der Waals surface area contributed by atoms with Crippen LogP contribution in [0.2, 0.25) is 0 Å². The molecule has 4 heteroatoms. The van der Waals surface area contributed by atoms with Crippen LogP contribution in [0.1, 0.15) is 18.0 Å². The highest BCUT2D eigenvalue weighted by Crippen LogP contribution is 2.22. The highest BCUT2D eigenvalue weighted by Gasteiger charge is 2.07. The quantitative estimate of drug-likeness (QED) is 0.831. The van der Waals surface area contributed by atoms with Gasteiger partial charge >= 0.3 is 0 Å². The minimum Gasteiger partial charge on any atom is -0.396 e. The summed E-state index contributed by atoms with van der Waals surface area (Å²) >= 11 is 0. The van der Waals surface area contributed by atoms with Crippen LogP contribution in [0.25, 0.3) is 11.1 Å². The summed E-state index contributed by atoms with van der Waals surface area (Å²) < 4.78 is 1.76. The average molecular weight is 230 g/mol. The highest BCUT2D eigenvalue weighted by atomic mass is 16.3. The lowest BCUT2D eigenvalue weighted by Crippen LogP contribution is -2.11. The Labute approximate surface area is 101 Å². The topological polar surface area (TPSA) is 64.1 Å². The number of hydrogen-bond acceptors (Lipinski definition) is 3. The normalized spacial score (nSPS) is 12.6. The molecule has 1 atom stereocenters. The van der Waals surface area contributed by atoms with Crippen LogP contribution in [0.4, 0.5) is 0 Å². The smallest absolute Gasteiger partial charge is 0.0568 e. The van der Waals surface area contributed by atoms with E-state index in [2.05, 4.69) is 11.2 Å². The van der Waals surface area contributed by atoms with Gasteiger partial charge in [-0.2, -0.15) is 5.10 Å². The zero-order valence-electron chi connectivity index (χ0n) is 9.80. The molecule has 0 aliphatic carbocycles. The van der Waals surface area contributed by atoms with Crippen molar-refractivity contribution in [3.8, 4) is 11.1 Å². The summed E-state index contributed by atoms with van der Waals surface area (Å²) in [6.45, 7) is 0.0955. The van der Waals surface area contributed by atoms with Crippen LogP contribution in [0.5, 0.6) is 0 Å². The first kappa shape index (κ1) is 11.8. The van der Waals surface area contributed by atoms with Crippen molar-refractivity contribution < 1.29 is 5.11 Å². The van der Waals surface area contributed by atoms with Gasteiger partial charge in [0.1, 0.15) is 0 Å². The minimum absolute atomic E-state index is 0.0955. The Morgan fingerprint density at radius 2 is 2.29 bits per heavy atom. The summed E-state index contributed by atoms with van der Waals surface area (Å²) in [6.07, 6.45) is 4.32. The average Bonchev–Trinajstić information content (AvgIpc) is 2.76. The van der Waals surface area contributed by atoms with Gasteiger partial charge in [-0.15, -0.1) is 0 Å². The first-order valence-corrected chi connectivity index (χ1v) is 5.57. The summed E-state index contributed by atoms with van der Waals surface area (Å²) in [4.78, 5) is 0. The molecular weight excluding hydrogens is 214 g/mol. The lowest BCUT2D eigenvalue weighted by atomic mass is 10.0. The van der Waals surface area contributed by atoms with Gasteiger partial charge in [0, 0.05) is 31.5 Å². The molecule has 2 rings (SSSR count). The summed E-state index contributed by atoms with van der Waals surface area (Å²) in [5.74, 6) is 0. The largest absolute Gasteiger partial charge is 0.396 e. The van der Waals surface area contributed by atoms with E-state index in [4.69, 9.17) is 10.8 Å². The third kappa shape index (κ3) is 2.72. The first-order chi connectivity index (χ1) is 8.20. The Morgan fingerprint density at radius 1 is 1.47 bits per heavy atom. The molecule has 2 aromatic rings. The van der Waals surface area contributed by atoms with Crippen LogP contribution >= 0.6 is 0 Å². The fraction of sp³-hybridized carbons (Fsp3) is 0.308. The lowest BCUT2D eigenvalue weighted by Gasteiger charge is -2.11. The Morgan fingerprint density at radius 3 is 2.94 bits per heavy atom. The van der Waals surface area contributed by atoms with Gasteiger partial charge in [-0.25, -0.2) is 0 Å². The number of aliphatic hydroxyl groups is 1. The summed E-state index contributed by atoms with van der Waals surface area (Å²) in [5, 5.41) is 13.0. The van der Waals surface area contributed by atoms with Crippen molar-refractivity contribution in [2.24, 2.45) is 12.8 Å². The van der Waals surface area contributed by atoms with Crippen LogP contribution in [0.15, 0.2) is 30.6 Å². The molecule has 0 fully saturated rings. The molecule has 1 heterocycles. The number of aromatic nitrogens is 2. The van der Waals surface area contributed by atoms with Crippen molar-refractivity contribution in [1.29, 1.82) is 0 Å². The number of aliphatic hydroxyl groups excluding tert-OH is 1. The van der Waals surface area contributed by atoms with E-state index in [1.54, 1.807) is 4.68 Å². The lowest BCUT2D eigenvalue weighted by molar-refractivity contribution is 0.276. The van der Waals surface area contributed by atoms with Crippen LogP contribution in [0, 0.1) is 6.07 Å². The predicted octanol–water partition coefficient (Wildman–Crippen LogP) is 1.27. The molecule has 0 aliphatic heterocycles. The van der Waals surface area contributed by atoms with Crippen LogP contribution in [0.3, 0.4) is 0 Å². The number of rotatable bonds is 4. The van der Waals surface area contributed by atoms with E-state index < -0.39 is 0 Å². The van der Waals surface area contributed by atoms with E-state index in [0.717, 1.165) is 16.7 Å². The zero-order valence-corrected chi connectivity index (χ0v) is 9.80. The second kappa shape index (κ2) is 5.12. The molecule has 1 aromatic carbocycles. The maximum Gasteiger partial charge on any atom is 0.0568 e. The third-order valence-electron chi connectivity index (χ3n) is 2.72. The van der Waals surface area contributed by atoms with Crippen molar-refractivity contribution in [3.05, 3.63) is 42.2 Å². The standard InChI is InChI=1S/C13H16N3O/c1-16-9-12(8-15-16)10-3-2-4-11(7-10)13(14)5-6-17/h3-4,7-9,13,17H,5-6,14H2,1H3. The maximum absolute atomic E-state index is 8.88. The number of aryl methyl sites for hydroxylation is 1. The van der Waals surface area contributed by atoms with Gasteiger partial charge in [-0.1, -0.05) is 0 Å². The molecule has 1 radical (unpaired) electrons. The van der Waals surface area contributed by atoms with Crippen molar-refractivity contribution in [1.82, 2.24) is 9.78 Å². The molecule has 0 spiro atoms. The second-order valence-corrected chi connectivity index (χ2v) is 4.08. The van der Waals surface area contributed by atoms with Crippen LogP contribution in [-0.4, -0.2) is 21.5 Å². The summed E-state index contributed by atoms with van der Waals surface area (Å²) in [6, 6.07) is 8.72. The van der Waals surface area contributed by atoms with E-state index in [1.165, 1.54) is 0 Å². The first-order valence-electron chi connectivity index (χ1n) is 5.57. The molecule has 0 aliphatic rings. The molecule has 1 aromatic heterocycles. The molecule has 3 N–H and O–H groups in total. The van der Waals surface area contributed by atoms with E-state index in [1.807, 2.05) is 37.6 Å². The van der Waals surface area contributed by atoms with E-state index >= 15 is 0 Å². The van der Waals surface area contributed by atoms with E-state index in [-0.39, 0.29) is 12.6 Å². The van der Waals surface area contributed by atoms with Crippen molar-refractivity contribution >= 4 is 0 Å². The van der Waals surface area contributed by atoms with Gasteiger partial charge in [0.05, 0.1) is 6.20 Å². The molecule has 0 saturated heterocycles. The number of nitrogens with zero attached hydrogens (tertiary/aromatic N) is 2. The predicted molar refractivity (Wildman–Crippen MR) is 66.1 cm³/mol. The van der Waals surface area contributed by atoms with Gasteiger partial charge in [0.15, 0.2) is 0 Å². The van der Waals surface area contributed by atoms with Gasteiger partial charge in [0.25, 0.3) is 0 Å². The van der Waals surface area contributed by atoms with Gasteiger partial charge in [-0.3, -0.25) is 4.68 Å². The molecule has 0 amide bonds. The second-order valence-electron chi connectivity index (χ2n) is 4.08. The van der Waals surface area contributed by atoms with Gasteiger partial charge in [0.2, 0.25) is 0 Å². The molecule has 4 nitrogen and oxygen atoms in total. The van der Waals surface area contributed by atoms with Crippen LogP contribution < -0.4 is 5.73 Å². The SMILES string of the molecule is Cn1cc(-c2c[c]cc(C(N)CCO)c2)cn1. The Balaban J connectivity index is 2.28. The van der Waals surface area contributed by atoms with E-state index in [9.17, 15) is 0 Å².